The quantitative estimate of drug-likeness (QED) is 0.752. The van der Waals surface area contributed by atoms with E-state index >= 15 is 0 Å². The van der Waals surface area contributed by atoms with Gasteiger partial charge in [0.15, 0.2) is 0 Å². The molecule has 0 aromatic carbocycles. The monoisotopic (exact) mass is 253 g/mol. The van der Waals surface area contributed by atoms with Gasteiger partial charge in [-0.3, -0.25) is 0 Å². The third-order valence-corrected chi connectivity index (χ3v) is 2.64. The lowest BCUT2D eigenvalue weighted by Crippen LogP contribution is -2.37. The molecule has 5 nitrogen and oxygen atoms in total. The van der Waals surface area contributed by atoms with Crippen molar-refractivity contribution in [2.45, 2.75) is 39.2 Å². The number of nitrogens with one attached hydrogen (secondary N) is 2. The maximum atomic E-state index is 11.9. The second-order valence-corrected chi connectivity index (χ2v) is 5.40. The van der Waals surface area contributed by atoms with Crippen LogP contribution in [0.5, 0.6) is 0 Å². The summed E-state index contributed by atoms with van der Waals surface area (Å²) in [7, 11) is 1.82. The summed E-state index contributed by atoms with van der Waals surface area (Å²) >= 11 is 0. The highest BCUT2D eigenvalue weighted by molar-refractivity contribution is 5.98. The van der Waals surface area contributed by atoms with E-state index in [2.05, 4.69) is 5.32 Å². The van der Waals surface area contributed by atoms with E-state index in [1.54, 1.807) is 4.90 Å². The van der Waals surface area contributed by atoms with Crippen LogP contribution in [0.15, 0.2) is 11.8 Å². The summed E-state index contributed by atoms with van der Waals surface area (Å²) < 4.78 is 5.34. The van der Waals surface area contributed by atoms with Gasteiger partial charge in [-0.1, -0.05) is 0 Å². The second-order valence-electron chi connectivity index (χ2n) is 5.40. The van der Waals surface area contributed by atoms with E-state index in [-0.39, 0.29) is 6.09 Å². The van der Waals surface area contributed by atoms with Gasteiger partial charge in [0.1, 0.15) is 5.60 Å². The van der Waals surface area contributed by atoms with E-state index in [0.29, 0.717) is 31.6 Å². The van der Waals surface area contributed by atoms with Crippen LogP contribution in [0.25, 0.3) is 0 Å². The van der Waals surface area contributed by atoms with Crippen LogP contribution in [0.1, 0.15) is 33.6 Å². The molecule has 2 N–H and O–H groups in total. The van der Waals surface area contributed by atoms with E-state index in [1.807, 2.05) is 34.0 Å². The van der Waals surface area contributed by atoms with E-state index in [9.17, 15) is 4.79 Å². The smallest absolute Gasteiger partial charge is 0.410 e. The van der Waals surface area contributed by atoms with Crippen molar-refractivity contribution in [3.05, 3.63) is 11.8 Å². The van der Waals surface area contributed by atoms with E-state index in [0.717, 1.165) is 5.57 Å². The molecular weight excluding hydrogens is 230 g/mol. The summed E-state index contributed by atoms with van der Waals surface area (Å²) in [6.45, 7) is 6.73. The van der Waals surface area contributed by atoms with Gasteiger partial charge in [0.2, 0.25) is 0 Å². The van der Waals surface area contributed by atoms with E-state index in [4.69, 9.17) is 10.1 Å². The first-order chi connectivity index (χ1) is 8.33. The lowest BCUT2D eigenvalue weighted by Gasteiger charge is -2.26. The number of likely N-dealkylation sites (tertiary alicyclic amines) is 1. The predicted octanol–water partition coefficient (Wildman–Crippen LogP) is 2.14. The van der Waals surface area contributed by atoms with Crippen molar-refractivity contribution in [3.63, 3.8) is 0 Å². The molecule has 1 rings (SSSR count). The van der Waals surface area contributed by atoms with Gasteiger partial charge in [0, 0.05) is 38.5 Å². The molecule has 1 amide bonds. The van der Waals surface area contributed by atoms with Gasteiger partial charge in [0.05, 0.1) is 0 Å². The van der Waals surface area contributed by atoms with Gasteiger partial charge >= 0.3 is 6.09 Å². The zero-order chi connectivity index (χ0) is 13.8. The molecule has 0 unspecified atom stereocenters. The number of carbonyl (C=O) groups is 1. The first kappa shape index (κ1) is 14.5. The van der Waals surface area contributed by atoms with Crippen LogP contribution in [-0.2, 0) is 4.74 Å². The van der Waals surface area contributed by atoms with E-state index in [1.165, 1.54) is 0 Å². The van der Waals surface area contributed by atoms with E-state index < -0.39 is 5.60 Å². The van der Waals surface area contributed by atoms with Gasteiger partial charge in [-0.05, 0) is 32.8 Å². The van der Waals surface area contributed by atoms with Gasteiger partial charge in [-0.15, -0.1) is 0 Å². The Labute approximate surface area is 109 Å². The zero-order valence-electron chi connectivity index (χ0n) is 11.7. The van der Waals surface area contributed by atoms with Crippen LogP contribution in [0, 0.1) is 5.41 Å². The minimum absolute atomic E-state index is 0.291. The summed E-state index contributed by atoms with van der Waals surface area (Å²) in [4.78, 5) is 13.6. The van der Waals surface area contributed by atoms with Crippen LogP contribution >= 0.6 is 0 Å². The summed E-state index contributed by atoms with van der Waals surface area (Å²) in [6, 6.07) is 0. The Bertz CT molecular complexity index is 356. The summed E-state index contributed by atoms with van der Waals surface area (Å²) in [5, 5.41) is 10.9. The molecule has 1 aliphatic rings. The molecule has 0 aromatic heterocycles. The molecule has 0 radical (unpaired) electrons. The fraction of sp³-hybridized carbons (Fsp3) is 0.692. The highest BCUT2D eigenvalue weighted by atomic mass is 16.6. The number of ether oxygens (including phenoxy) is 1. The van der Waals surface area contributed by atoms with Crippen LogP contribution in [0.4, 0.5) is 4.79 Å². The Kier molecular flexibility index (Phi) is 4.76. The van der Waals surface area contributed by atoms with Crippen molar-refractivity contribution in [1.82, 2.24) is 10.2 Å². The summed E-state index contributed by atoms with van der Waals surface area (Å²) in [5.41, 5.74) is 1.08. The van der Waals surface area contributed by atoms with Crippen molar-refractivity contribution in [1.29, 1.82) is 5.41 Å². The number of amides is 1. The van der Waals surface area contributed by atoms with Crippen molar-refractivity contribution >= 4 is 11.8 Å². The zero-order valence-corrected chi connectivity index (χ0v) is 11.7. The maximum Gasteiger partial charge on any atom is 0.410 e. The van der Waals surface area contributed by atoms with Gasteiger partial charge in [-0.25, -0.2) is 4.79 Å². The molecule has 1 aliphatic heterocycles. The molecule has 0 bridgehead atoms. The molecule has 102 valence electrons. The lowest BCUT2D eigenvalue weighted by molar-refractivity contribution is 0.0261. The largest absolute Gasteiger partial charge is 0.444 e. The molecule has 0 aliphatic carbocycles. The van der Waals surface area contributed by atoms with Crippen molar-refractivity contribution in [3.8, 4) is 0 Å². The van der Waals surface area contributed by atoms with Crippen LogP contribution < -0.4 is 5.32 Å². The van der Waals surface area contributed by atoms with Gasteiger partial charge < -0.3 is 20.4 Å². The number of nitrogens with zero attached hydrogens (tertiary/aromatic N) is 1. The molecule has 0 atom stereocenters. The third-order valence-electron chi connectivity index (χ3n) is 2.64. The van der Waals surface area contributed by atoms with Crippen LogP contribution in [0.3, 0.4) is 0 Å². The van der Waals surface area contributed by atoms with Gasteiger partial charge in [0.25, 0.3) is 0 Å². The highest BCUT2D eigenvalue weighted by Crippen LogP contribution is 2.16. The maximum absolute atomic E-state index is 11.9. The molecule has 0 aromatic rings. The first-order valence-corrected chi connectivity index (χ1v) is 6.25. The summed E-state index contributed by atoms with van der Waals surface area (Å²) in [6.07, 6.45) is 2.81. The van der Waals surface area contributed by atoms with Crippen molar-refractivity contribution in [2.24, 2.45) is 0 Å². The number of rotatable bonds is 1. The van der Waals surface area contributed by atoms with Crippen molar-refractivity contribution in [2.75, 3.05) is 20.1 Å². The molecule has 18 heavy (non-hydrogen) atoms. The molecular formula is C13H23N3O2. The van der Waals surface area contributed by atoms with Crippen molar-refractivity contribution < 1.29 is 9.53 Å². The standard InChI is InChI=1S/C13H23N3O2/c1-13(2,3)18-12(17)16-7-5-10(9-15-4)11(14)6-8-16/h9,14-15H,5-8H2,1-4H3/b10-9-,14-11?. The molecule has 5 heteroatoms. The minimum atomic E-state index is -0.472. The average molecular weight is 253 g/mol. The number of hydrogen-bond donors (Lipinski definition) is 2. The highest BCUT2D eigenvalue weighted by Gasteiger charge is 2.24. The fourth-order valence-corrected chi connectivity index (χ4v) is 1.77. The summed E-state index contributed by atoms with van der Waals surface area (Å²) in [5.74, 6) is 0. The molecule has 0 spiro atoms. The topological polar surface area (TPSA) is 65.4 Å². The van der Waals surface area contributed by atoms with Crippen LogP contribution in [-0.4, -0.2) is 42.4 Å². The molecule has 0 saturated carbocycles. The minimum Gasteiger partial charge on any atom is -0.444 e. The Morgan fingerprint density at radius 3 is 2.56 bits per heavy atom. The molecule has 1 fully saturated rings. The lowest BCUT2D eigenvalue weighted by atomic mass is 10.1. The Morgan fingerprint density at radius 1 is 1.39 bits per heavy atom. The van der Waals surface area contributed by atoms with Crippen LogP contribution in [0.2, 0.25) is 0 Å². The predicted molar refractivity (Wildman–Crippen MR) is 71.9 cm³/mol. The fourth-order valence-electron chi connectivity index (χ4n) is 1.77. The Hall–Kier alpha value is -1.52. The normalized spacial score (nSPS) is 19.7. The second kappa shape index (κ2) is 5.89. The Morgan fingerprint density at radius 2 is 2.00 bits per heavy atom. The SMILES string of the molecule is CN/C=C1/CCN(C(=O)OC(C)(C)C)CCC1=N. The third kappa shape index (κ3) is 4.39. The molecule has 1 heterocycles. The number of carbonyl (C=O) groups excluding carboxylic acids is 1. The van der Waals surface area contributed by atoms with Gasteiger partial charge in [-0.2, -0.15) is 0 Å². The molecule has 1 saturated heterocycles. The average Bonchev–Trinajstić information content (AvgIpc) is 2.40. The first-order valence-electron chi connectivity index (χ1n) is 6.25. The Balaban J connectivity index is 2.64. The number of hydrogen-bond acceptors (Lipinski definition) is 4.